The Hall–Kier alpha value is -2.94. The summed E-state index contributed by atoms with van der Waals surface area (Å²) in [5.74, 6) is 2.47. The van der Waals surface area contributed by atoms with Crippen LogP contribution in [-0.2, 0) is 4.79 Å². The summed E-state index contributed by atoms with van der Waals surface area (Å²) in [7, 11) is 0. The van der Waals surface area contributed by atoms with Crippen LogP contribution in [0.1, 0.15) is 25.7 Å². The molecule has 1 aromatic carbocycles. The molecule has 4 aliphatic rings. The highest BCUT2D eigenvalue weighted by molar-refractivity contribution is 9.10. The van der Waals surface area contributed by atoms with Gasteiger partial charge in [-0.05, 0) is 61.9 Å². The fraction of sp³-hybridized carbons (Fsp3) is 0.440. The summed E-state index contributed by atoms with van der Waals surface area (Å²) in [6.07, 6.45) is 5.73. The number of pyridine rings is 1. The highest BCUT2D eigenvalue weighted by Gasteiger charge is 2.29. The molecule has 4 aliphatic heterocycles. The number of carbonyl (C=O) groups is 1. The average molecular weight is 523 g/mol. The molecule has 0 spiro atoms. The lowest BCUT2D eigenvalue weighted by molar-refractivity contribution is -0.125. The molecule has 176 valence electrons. The molecule has 8 bridgehead atoms. The zero-order chi connectivity index (χ0) is 23.1. The molecule has 3 aromatic rings. The number of benzene rings is 1. The van der Waals surface area contributed by atoms with Gasteiger partial charge in [0, 0.05) is 49.0 Å². The van der Waals surface area contributed by atoms with E-state index < -0.39 is 0 Å². The summed E-state index contributed by atoms with van der Waals surface area (Å²) >= 11 is 3.62. The highest BCUT2D eigenvalue weighted by Crippen LogP contribution is 2.36. The molecule has 1 atom stereocenters. The lowest BCUT2D eigenvalue weighted by Gasteiger charge is -2.35. The largest absolute Gasteiger partial charge is 0.416 e. The van der Waals surface area contributed by atoms with E-state index in [0.717, 1.165) is 79.0 Å². The Labute approximate surface area is 206 Å². The van der Waals surface area contributed by atoms with Crippen LogP contribution in [0, 0.1) is 11.8 Å². The second-order valence-electron chi connectivity index (χ2n) is 9.44. The summed E-state index contributed by atoms with van der Waals surface area (Å²) in [5, 5.41) is 12.0. The van der Waals surface area contributed by atoms with Crippen LogP contribution < -0.4 is 15.1 Å². The van der Waals surface area contributed by atoms with Crippen molar-refractivity contribution in [1.82, 2.24) is 20.5 Å². The summed E-state index contributed by atoms with van der Waals surface area (Å²) in [4.78, 5) is 22.2. The van der Waals surface area contributed by atoms with Crippen LogP contribution in [0.3, 0.4) is 0 Å². The van der Waals surface area contributed by atoms with Crippen molar-refractivity contribution in [1.29, 1.82) is 0 Å². The summed E-state index contributed by atoms with van der Waals surface area (Å²) < 4.78 is 7.20. The minimum Gasteiger partial charge on any atom is -0.416 e. The molecule has 34 heavy (non-hydrogen) atoms. The monoisotopic (exact) mass is 522 g/mol. The van der Waals surface area contributed by atoms with Gasteiger partial charge in [0.2, 0.25) is 17.7 Å². The Bertz CT molecular complexity index is 1210. The van der Waals surface area contributed by atoms with Gasteiger partial charge in [0.25, 0.3) is 0 Å². The number of hydrogen-bond donors (Lipinski definition) is 1. The van der Waals surface area contributed by atoms with Gasteiger partial charge in [-0.15, -0.1) is 10.2 Å². The van der Waals surface area contributed by atoms with E-state index in [1.165, 1.54) is 0 Å². The van der Waals surface area contributed by atoms with Gasteiger partial charge in [-0.25, -0.2) is 4.98 Å². The van der Waals surface area contributed by atoms with Gasteiger partial charge in [-0.1, -0.05) is 15.9 Å². The van der Waals surface area contributed by atoms with E-state index in [1.54, 1.807) is 6.20 Å². The van der Waals surface area contributed by atoms with Crippen molar-refractivity contribution in [3.8, 4) is 22.9 Å². The molecule has 7 rings (SSSR count). The number of aromatic nitrogens is 3. The van der Waals surface area contributed by atoms with Gasteiger partial charge in [-0.2, -0.15) is 0 Å². The fourth-order valence-corrected chi connectivity index (χ4v) is 5.64. The molecule has 2 aromatic heterocycles. The Morgan fingerprint density at radius 2 is 1.85 bits per heavy atom. The van der Waals surface area contributed by atoms with E-state index in [1.807, 2.05) is 24.3 Å². The molecular weight excluding hydrogens is 496 g/mol. The van der Waals surface area contributed by atoms with E-state index in [2.05, 4.69) is 52.3 Å². The third kappa shape index (κ3) is 4.17. The second kappa shape index (κ2) is 9.02. The smallest absolute Gasteiger partial charge is 0.250 e. The number of nitrogens with zero attached hydrogens (tertiary/aromatic N) is 5. The van der Waals surface area contributed by atoms with Gasteiger partial charge in [0.1, 0.15) is 5.82 Å². The fourth-order valence-electron chi connectivity index (χ4n) is 5.29. The van der Waals surface area contributed by atoms with E-state index in [0.29, 0.717) is 24.2 Å². The van der Waals surface area contributed by atoms with Crippen LogP contribution in [0.5, 0.6) is 0 Å². The third-order valence-corrected chi connectivity index (χ3v) is 7.74. The topological polar surface area (TPSA) is 87.4 Å². The maximum absolute atomic E-state index is 13.0. The number of anilines is 2. The summed E-state index contributed by atoms with van der Waals surface area (Å²) in [5.41, 5.74) is 2.85. The van der Waals surface area contributed by atoms with Gasteiger partial charge in [0.05, 0.1) is 17.2 Å². The molecule has 0 aliphatic carbocycles. The number of hydrogen-bond acceptors (Lipinski definition) is 7. The molecule has 1 unspecified atom stereocenters. The number of amides is 1. The predicted molar refractivity (Wildman–Crippen MR) is 134 cm³/mol. The molecule has 0 radical (unpaired) electrons. The zero-order valence-corrected chi connectivity index (χ0v) is 20.5. The van der Waals surface area contributed by atoms with Crippen LogP contribution in [-0.4, -0.2) is 53.8 Å². The SMILES string of the molecule is O=C1NCC2CCN(CC2)c2cc(Br)ccc2-c2nnc(o2)-c2ccnc(c2)N2CCCC1C2. The quantitative estimate of drug-likeness (QED) is 0.474. The molecule has 0 saturated carbocycles. The Morgan fingerprint density at radius 1 is 1.00 bits per heavy atom. The molecule has 8 nitrogen and oxygen atoms in total. The normalized spacial score (nSPS) is 22.6. The Morgan fingerprint density at radius 3 is 2.74 bits per heavy atom. The zero-order valence-electron chi connectivity index (χ0n) is 18.9. The van der Waals surface area contributed by atoms with Gasteiger partial charge >= 0.3 is 0 Å². The van der Waals surface area contributed by atoms with Gasteiger partial charge in [-0.3, -0.25) is 4.79 Å². The van der Waals surface area contributed by atoms with Crippen molar-refractivity contribution < 1.29 is 9.21 Å². The highest BCUT2D eigenvalue weighted by atomic mass is 79.9. The lowest BCUT2D eigenvalue weighted by atomic mass is 9.94. The lowest BCUT2D eigenvalue weighted by Crippen LogP contribution is -2.45. The second-order valence-corrected chi connectivity index (χ2v) is 10.4. The summed E-state index contributed by atoms with van der Waals surface area (Å²) in [6, 6.07) is 10.0. The van der Waals surface area contributed by atoms with Crippen LogP contribution in [0.25, 0.3) is 22.9 Å². The van der Waals surface area contributed by atoms with E-state index in [-0.39, 0.29) is 11.8 Å². The standard InChI is InChI=1S/C25H27BrN6O2/c26-19-3-4-20-21(13-19)31-10-6-16(7-11-31)14-28-23(33)18-2-1-9-32(15-18)22-12-17(5-8-27-22)24-29-30-25(20)34-24/h3-5,8,12-13,16,18H,1-2,6-7,9-11,14-15H2,(H,28,33). The number of carbonyl (C=O) groups excluding carboxylic acids is 1. The number of nitrogens with one attached hydrogen (secondary N) is 1. The van der Waals surface area contributed by atoms with Crippen LogP contribution in [0.15, 0.2) is 45.4 Å². The molecule has 9 heteroatoms. The van der Waals surface area contributed by atoms with Crippen molar-refractivity contribution >= 4 is 33.3 Å². The molecule has 6 heterocycles. The van der Waals surface area contributed by atoms with Crippen LogP contribution in [0.2, 0.25) is 0 Å². The first kappa shape index (κ1) is 21.6. The number of piperidine rings is 2. The molecule has 1 N–H and O–H groups in total. The first-order valence-electron chi connectivity index (χ1n) is 12.0. The first-order chi connectivity index (χ1) is 16.6. The minimum absolute atomic E-state index is 0.0163. The van der Waals surface area contributed by atoms with E-state index >= 15 is 0 Å². The van der Waals surface area contributed by atoms with Crippen LogP contribution >= 0.6 is 15.9 Å². The van der Waals surface area contributed by atoms with Crippen molar-refractivity contribution in [2.24, 2.45) is 11.8 Å². The maximum Gasteiger partial charge on any atom is 0.250 e. The van der Waals surface area contributed by atoms with Gasteiger partial charge in [0.15, 0.2) is 0 Å². The van der Waals surface area contributed by atoms with E-state index in [9.17, 15) is 4.79 Å². The van der Waals surface area contributed by atoms with Crippen molar-refractivity contribution in [3.63, 3.8) is 0 Å². The predicted octanol–water partition coefficient (Wildman–Crippen LogP) is 4.12. The van der Waals surface area contributed by atoms with Crippen molar-refractivity contribution in [3.05, 3.63) is 41.0 Å². The minimum atomic E-state index is -0.0163. The molecular formula is C25H27BrN6O2. The Balaban J connectivity index is 1.41. The number of fused-ring (bicyclic) bond motifs is 4. The first-order valence-corrected chi connectivity index (χ1v) is 12.8. The van der Waals surface area contributed by atoms with Crippen molar-refractivity contribution in [2.75, 3.05) is 42.5 Å². The number of rotatable bonds is 0. The van der Waals surface area contributed by atoms with Crippen molar-refractivity contribution in [2.45, 2.75) is 25.7 Å². The molecule has 2 fully saturated rings. The Kier molecular flexibility index (Phi) is 5.72. The maximum atomic E-state index is 13.0. The van der Waals surface area contributed by atoms with Crippen LogP contribution in [0.4, 0.5) is 11.5 Å². The third-order valence-electron chi connectivity index (χ3n) is 7.24. The molecule has 2 saturated heterocycles. The average Bonchev–Trinajstić information content (AvgIpc) is 3.37. The van der Waals surface area contributed by atoms with E-state index in [4.69, 9.17) is 4.42 Å². The van der Waals surface area contributed by atoms with Gasteiger partial charge < -0.3 is 19.5 Å². The molecule has 1 amide bonds. The number of halogens is 1. The summed E-state index contributed by atoms with van der Waals surface area (Å²) in [6.45, 7) is 4.16.